The topological polar surface area (TPSA) is 68.3 Å². The Morgan fingerprint density at radius 1 is 1.00 bits per heavy atom. The van der Waals surface area contributed by atoms with E-state index in [2.05, 4.69) is 10.3 Å². The first-order valence-electron chi connectivity index (χ1n) is 8.77. The minimum atomic E-state index is -0.373. The molecule has 0 spiro atoms. The normalized spacial score (nSPS) is 10.6. The third-order valence-electron chi connectivity index (χ3n) is 3.84. The van der Waals surface area contributed by atoms with Gasteiger partial charge in [0.05, 0.1) is 16.8 Å². The molecular formula is C22H19ClN2O3. The van der Waals surface area contributed by atoms with Crippen LogP contribution in [0.15, 0.2) is 66.9 Å². The van der Waals surface area contributed by atoms with E-state index >= 15 is 0 Å². The lowest BCUT2D eigenvalue weighted by Crippen LogP contribution is -2.16. The van der Waals surface area contributed by atoms with E-state index in [1.54, 1.807) is 48.5 Å². The summed E-state index contributed by atoms with van der Waals surface area (Å²) in [5.41, 5.74) is 1.29. The molecule has 0 unspecified atom stereocenters. The van der Waals surface area contributed by atoms with Crippen LogP contribution in [-0.4, -0.2) is 22.8 Å². The fourth-order valence-electron chi connectivity index (χ4n) is 2.59. The summed E-state index contributed by atoms with van der Waals surface area (Å²) in [7, 11) is 0. The molecule has 28 heavy (non-hydrogen) atoms. The Hall–Kier alpha value is -3.18. The second-order valence-electron chi connectivity index (χ2n) is 6.39. The van der Waals surface area contributed by atoms with Crippen LogP contribution in [0.2, 0.25) is 5.02 Å². The monoisotopic (exact) mass is 394 g/mol. The Balaban J connectivity index is 1.84. The zero-order valence-corrected chi connectivity index (χ0v) is 16.2. The largest absolute Gasteiger partial charge is 0.491 e. The molecule has 0 saturated carbocycles. The van der Waals surface area contributed by atoms with Crippen molar-refractivity contribution in [2.75, 3.05) is 5.32 Å². The molecule has 0 fully saturated rings. The van der Waals surface area contributed by atoms with E-state index in [9.17, 15) is 9.59 Å². The predicted molar refractivity (Wildman–Crippen MR) is 109 cm³/mol. The van der Waals surface area contributed by atoms with Crippen molar-refractivity contribution in [1.82, 2.24) is 4.98 Å². The molecule has 0 aliphatic carbocycles. The van der Waals surface area contributed by atoms with E-state index in [0.29, 0.717) is 21.9 Å². The Labute approximate surface area is 168 Å². The molecule has 0 saturated heterocycles. The number of pyridine rings is 1. The molecule has 0 bridgehead atoms. The SMILES string of the molecule is CC(C)Oc1ccc(C(=O)Nc2cc(Cl)cnc2C(=O)c2ccccc2)cc1. The van der Waals surface area contributed by atoms with Crippen molar-refractivity contribution in [2.24, 2.45) is 0 Å². The van der Waals surface area contributed by atoms with Gasteiger partial charge in [-0.3, -0.25) is 9.59 Å². The lowest BCUT2D eigenvalue weighted by Gasteiger charge is -2.12. The number of carbonyl (C=O) groups is 2. The first-order chi connectivity index (χ1) is 13.4. The zero-order chi connectivity index (χ0) is 20.1. The zero-order valence-electron chi connectivity index (χ0n) is 15.5. The van der Waals surface area contributed by atoms with Crippen LogP contribution in [0, 0.1) is 0 Å². The Bertz CT molecular complexity index is 986. The molecule has 5 nitrogen and oxygen atoms in total. The lowest BCUT2D eigenvalue weighted by atomic mass is 10.1. The number of amides is 1. The molecule has 3 rings (SSSR count). The van der Waals surface area contributed by atoms with Gasteiger partial charge in [-0.25, -0.2) is 4.98 Å². The highest BCUT2D eigenvalue weighted by Gasteiger charge is 2.18. The summed E-state index contributed by atoms with van der Waals surface area (Å²) in [5.74, 6) is 0.00596. The first kappa shape index (κ1) is 19.6. The molecule has 0 atom stereocenters. The van der Waals surface area contributed by atoms with Gasteiger partial charge in [0.1, 0.15) is 11.4 Å². The van der Waals surface area contributed by atoms with E-state index in [1.807, 2.05) is 19.9 Å². The highest BCUT2D eigenvalue weighted by atomic mass is 35.5. The summed E-state index contributed by atoms with van der Waals surface area (Å²) in [6.45, 7) is 3.86. The molecule has 1 N–H and O–H groups in total. The van der Waals surface area contributed by atoms with Crippen molar-refractivity contribution in [2.45, 2.75) is 20.0 Å². The number of anilines is 1. The summed E-state index contributed by atoms with van der Waals surface area (Å²) < 4.78 is 5.58. The summed E-state index contributed by atoms with van der Waals surface area (Å²) in [5, 5.41) is 3.05. The maximum absolute atomic E-state index is 12.8. The number of nitrogens with one attached hydrogen (secondary N) is 1. The van der Waals surface area contributed by atoms with E-state index in [4.69, 9.17) is 16.3 Å². The maximum Gasteiger partial charge on any atom is 0.255 e. The fourth-order valence-corrected chi connectivity index (χ4v) is 2.75. The molecule has 6 heteroatoms. The lowest BCUT2D eigenvalue weighted by molar-refractivity contribution is 0.102. The maximum atomic E-state index is 12.8. The second-order valence-corrected chi connectivity index (χ2v) is 6.83. The molecule has 0 aliphatic rings. The number of halogens is 1. The van der Waals surface area contributed by atoms with Crippen molar-refractivity contribution in [3.05, 3.63) is 88.7 Å². The molecule has 1 heterocycles. The molecule has 1 aromatic heterocycles. The van der Waals surface area contributed by atoms with Crippen molar-refractivity contribution in [1.29, 1.82) is 0 Å². The van der Waals surface area contributed by atoms with Gasteiger partial charge in [0.2, 0.25) is 5.78 Å². The van der Waals surface area contributed by atoms with Crippen LogP contribution in [0.3, 0.4) is 0 Å². The molecule has 3 aromatic rings. The number of ketones is 1. The second kappa shape index (κ2) is 8.67. The van der Waals surface area contributed by atoms with E-state index in [0.717, 1.165) is 0 Å². The average molecular weight is 395 g/mol. The van der Waals surface area contributed by atoms with Gasteiger partial charge in [-0.05, 0) is 44.2 Å². The smallest absolute Gasteiger partial charge is 0.255 e. The Kier molecular flexibility index (Phi) is 6.06. The van der Waals surface area contributed by atoms with Crippen LogP contribution in [0.5, 0.6) is 5.75 Å². The molecule has 142 valence electrons. The van der Waals surface area contributed by atoms with E-state index in [-0.39, 0.29) is 29.2 Å². The molecule has 2 aromatic carbocycles. The van der Waals surface area contributed by atoms with Gasteiger partial charge in [0.15, 0.2) is 0 Å². The number of hydrogen-bond donors (Lipinski definition) is 1. The summed E-state index contributed by atoms with van der Waals surface area (Å²) >= 11 is 6.02. The average Bonchev–Trinajstić information content (AvgIpc) is 2.68. The van der Waals surface area contributed by atoms with E-state index < -0.39 is 0 Å². The molecular weight excluding hydrogens is 376 g/mol. The quantitative estimate of drug-likeness (QED) is 0.597. The third-order valence-corrected chi connectivity index (χ3v) is 4.05. The van der Waals surface area contributed by atoms with Crippen LogP contribution in [-0.2, 0) is 0 Å². The van der Waals surface area contributed by atoms with Crippen LogP contribution < -0.4 is 10.1 Å². The fraction of sp³-hybridized carbons (Fsp3) is 0.136. The first-order valence-corrected chi connectivity index (χ1v) is 9.15. The number of nitrogens with zero attached hydrogens (tertiary/aromatic N) is 1. The third kappa shape index (κ3) is 4.75. The van der Waals surface area contributed by atoms with Gasteiger partial charge in [-0.2, -0.15) is 0 Å². The van der Waals surface area contributed by atoms with Crippen LogP contribution in [0.4, 0.5) is 5.69 Å². The van der Waals surface area contributed by atoms with Crippen LogP contribution in [0.25, 0.3) is 0 Å². The van der Waals surface area contributed by atoms with Gasteiger partial charge in [0, 0.05) is 17.3 Å². The van der Waals surface area contributed by atoms with Crippen molar-refractivity contribution in [3.63, 3.8) is 0 Å². The van der Waals surface area contributed by atoms with Crippen molar-refractivity contribution < 1.29 is 14.3 Å². The molecule has 0 aliphatic heterocycles. The molecule has 0 radical (unpaired) electrons. The van der Waals surface area contributed by atoms with E-state index in [1.165, 1.54) is 12.3 Å². The van der Waals surface area contributed by atoms with Gasteiger partial charge in [0.25, 0.3) is 5.91 Å². The minimum absolute atomic E-state index is 0.0452. The number of carbonyl (C=O) groups excluding carboxylic acids is 2. The molecule has 1 amide bonds. The number of benzene rings is 2. The van der Waals surface area contributed by atoms with Crippen LogP contribution in [0.1, 0.15) is 40.3 Å². The highest BCUT2D eigenvalue weighted by molar-refractivity contribution is 6.31. The van der Waals surface area contributed by atoms with Gasteiger partial charge < -0.3 is 10.1 Å². The predicted octanol–water partition coefficient (Wildman–Crippen LogP) is 5.01. The van der Waals surface area contributed by atoms with Crippen molar-refractivity contribution >= 4 is 29.0 Å². The number of ether oxygens (including phenoxy) is 1. The summed E-state index contributed by atoms with van der Waals surface area (Å²) in [4.78, 5) is 29.5. The van der Waals surface area contributed by atoms with Crippen LogP contribution >= 0.6 is 11.6 Å². The summed E-state index contributed by atoms with van der Waals surface area (Å²) in [6.07, 6.45) is 1.43. The minimum Gasteiger partial charge on any atom is -0.491 e. The summed E-state index contributed by atoms with van der Waals surface area (Å²) in [6, 6.07) is 17.0. The number of hydrogen-bond acceptors (Lipinski definition) is 4. The standard InChI is InChI=1S/C22H19ClN2O3/c1-14(2)28-18-10-8-16(9-11-18)22(27)25-19-12-17(23)13-24-20(19)21(26)15-6-4-3-5-7-15/h3-14H,1-2H3,(H,25,27). The Morgan fingerprint density at radius 3 is 2.32 bits per heavy atom. The van der Waals surface area contributed by atoms with Gasteiger partial charge in [-0.15, -0.1) is 0 Å². The van der Waals surface area contributed by atoms with Gasteiger partial charge >= 0.3 is 0 Å². The number of rotatable bonds is 6. The number of aromatic nitrogens is 1. The highest BCUT2D eigenvalue weighted by Crippen LogP contribution is 2.23. The van der Waals surface area contributed by atoms with Gasteiger partial charge in [-0.1, -0.05) is 41.9 Å². The van der Waals surface area contributed by atoms with Crippen molar-refractivity contribution in [3.8, 4) is 5.75 Å². The Morgan fingerprint density at radius 2 is 1.68 bits per heavy atom.